The fourth-order valence-corrected chi connectivity index (χ4v) is 7.12. The Morgan fingerprint density at radius 1 is 0.280 bits per heavy atom. The molecule has 0 unspecified atom stereocenters. The number of para-hydroxylation sites is 1. The highest BCUT2D eigenvalue weighted by molar-refractivity contribution is 6.10. The monoisotopic (exact) mass is 638 g/mol. The van der Waals surface area contributed by atoms with Gasteiger partial charge in [-0.05, 0) is 94.0 Å². The molecule has 0 spiro atoms. The van der Waals surface area contributed by atoms with Crippen LogP contribution in [0.2, 0.25) is 0 Å². The van der Waals surface area contributed by atoms with Crippen LogP contribution in [0.4, 0.5) is 17.1 Å². The lowest BCUT2D eigenvalue weighted by atomic mass is 10.0. The van der Waals surface area contributed by atoms with Gasteiger partial charge >= 0.3 is 0 Å². The van der Waals surface area contributed by atoms with Gasteiger partial charge in [0.2, 0.25) is 0 Å². The number of fused-ring (bicyclic) bond motifs is 3. The van der Waals surface area contributed by atoms with E-state index in [1.807, 2.05) is 0 Å². The second-order valence-electron chi connectivity index (χ2n) is 12.6. The van der Waals surface area contributed by atoms with Gasteiger partial charge in [0, 0.05) is 33.5 Å². The van der Waals surface area contributed by atoms with Crippen molar-refractivity contribution in [3.63, 3.8) is 0 Å². The zero-order valence-electron chi connectivity index (χ0n) is 27.5. The number of aromatic nitrogens is 1. The Kier molecular flexibility index (Phi) is 7.53. The van der Waals surface area contributed by atoms with Crippen LogP contribution in [0, 0.1) is 0 Å². The summed E-state index contributed by atoms with van der Waals surface area (Å²) in [5, 5.41) is 2.51. The molecule has 0 aliphatic heterocycles. The number of hydrogen-bond acceptors (Lipinski definition) is 1. The zero-order valence-corrected chi connectivity index (χ0v) is 27.5. The third-order valence-electron chi connectivity index (χ3n) is 9.61. The fourth-order valence-electron chi connectivity index (χ4n) is 7.12. The van der Waals surface area contributed by atoms with E-state index in [9.17, 15) is 0 Å². The molecule has 0 bridgehead atoms. The van der Waals surface area contributed by atoms with Crippen molar-refractivity contribution >= 4 is 38.9 Å². The Labute approximate surface area is 292 Å². The van der Waals surface area contributed by atoms with Crippen LogP contribution in [0.3, 0.4) is 0 Å². The van der Waals surface area contributed by atoms with Crippen LogP contribution < -0.4 is 4.90 Å². The molecule has 9 rings (SSSR count). The van der Waals surface area contributed by atoms with E-state index in [1.54, 1.807) is 0 Å². The van der Waals surface area contributed by atoms with E-state index >= 15 is 0 Å². The highest BCUT2D eigenvalue weighted by Crippen LogP contribution is 2.39. The summed E-state index contributed by atoms with van der Waals surface area (Å²) in [5.41, 5.74) is 14.1. The van der Waals surface area contributed by atoms with Crippen molar-refractivity contribution in [1.29, 1.82) is 0 Å². The molecule has 0 fully saturated rings. The molecule has 2 nitrogen and oxygen atoms in total. The van der Waals surface area contributed by atoms with Crippen LogP contribution in [-0.4, -0.2) is 4.57 Å². The van der Waals surface area contributed by atoms with Crippen molar-refractivity contribution in [1.82, 2.24) is 4.57 Å². The minimum Gasteiger partial charge on any atom is -0.311 e. The molecule has 50 heavy (non-hydrogen) atoms. The quantitative estimate of drug-likeness (QED) is 0.169. The van der Waals surface area contributed by atoms with E-state index in [2.05, 4.69) is 216 Å². The van der Waals surface area contributed by atoms with Crippen LogP contribution >= 0.6 is 0 Å². The Balaban J connectivity index is 1.14. The van der Waals surface area contributed by atoms with Crippen LogP contribution in [0.15, 0.2) is 206 Å². The molecule has 1 heterocycles. The molecule has 236 valence electrons. The molecule has 8 aromatic carbocycles. The summed E-state index contributed by atoms with van der Waals surface area (Å²) in [4.78, 5) is 2.34. The van der Waals surface area contributed by atoms with Gasteiger partial charge in [-0.25, -0.2) is 0 Å². The Hall–Kier alpha value is -6.64. The second kappa shape index (κ2) is 12.8. The minimum absolute atomic E-state index is 1.10. The normalized spacial score (nSPS) is 11.2. The molecule has 0 radical (unpaired) electrons. The first-order valence-electron chi connectivity index (χ1n) is 17.1. The van der Waals surface area contributed by atoms with E-state index in [4.69, 9.17) is 0 Å². The zero-order chi connectivity index (χ0) is 33.3. The summed E-state index contributed by atoms with van der Waals surface area (Å²) in [7, 11) is 0. The average molecular weight is 639 g/mol. The number of benzene rings is 8. The van der Waals surface area contributed by atoms with E-state index in [-0.39, 0.29) is 0 Å². The van der Waals surface area contributed by atoms with Crippen molar-refractivity contribution in [2.24, 2.45) is 0 Å². The molecule has 0 aliphatic rings. The first kappa shape index (κ1) is 29.5. The average Bonchev–Trinajstić information content (AvgIpc) is 3.53. The lowest BCUT2D eigenvalue weighted by Crippen LogP contribution is -2.10. The number of anilines is 3. The molecule has 0 saturated carbocycles. The van der Waals surface area contributed by atoms with Crippen molar-refractivity contribution in [3.8, 4) is 39.1 Å². The molecule has 0 aliphatic carbocycles. The third kappa shape index (κ3) is 5.43. The standard InChI is InChI=1S/C48H34N2/c1-4-12-35(13-5-1)38-20-25-41(26-21-38)49(42-27-22-39(23-28-42)36-14-6-2-7-15-36)43-29-31-44(32-30-43)50-47-19-11-10-18-45(47)46-33-24-40(34-48(46)50)37-16-8-3-9-17-37/h1-34H. The van der Waals surface area contributed by atoms with Gasteiger partial charge < -0.3 is 9.47 Å². The Morgan fingerprint density at radius 3 is 1.18 bits per heavy atom. The molecule has 1 aromatic heterocycles. The largest absolute Gasteiger partial charge is 0.311 e. The van der Waals surface area contributed by atoms with Gasteiger partial charge in [-0.2, -0.15) is 0 Å². The molecular weight excluding hydrogens is 605 g/mol. The topological polar surface area (TPSA) is 8.17 Å². The van der Waals surface area contributed by atoms with Gasteiger partial charge in [-0.1, -0.05) is 146 Å². The maximum Gasteiger partial charge on any atom is 0.0547 e. The number of hydrogen-bond donors (Lipinski definition) is 0. The van der Waals surface area contributed by atoms with Crippen molar-refractivity contribution in [3.05, 3.63) is 206 Å². The van der Waals surface area contributed by atoms with Crippen molar-refractivity contribution in [2.75, 3.05) is 4.90 Å². The second-order valence-corrected chi connectivity index (χ2v) is 12.6. The smallest absolute Gasteiger partial charge is 0.0547 e. The molecule has 2 heteroatoms. The molecular formula is C48H34N2. The summed E-state index contributed by atoms with van der Waals surface area (Å²) >= 11 is 0. The summed E-state index contributed by atoms with van der Waals surface area (Å²) < 4.78 is 2.40. The predicted octanol–water partition coefficient (Wildman–Crippen LogP) is 13.3. The lowest BCUT2D eigenvalue weighted by Gasteiger charge is -2.26. The molecule has 0 saturated heterocycles. The summed E-state index contributed by atoms with van der Waals surface area (Å²) in [6.07, 6.45) is 0. The maximum atomic E-state index is 2.40. The van der Waals surface area contributed by atoms with Crippen LogP contribution in [-0.2, 0) is 0 Å². The van der Waals surface area contributed by atoms with E-state index in [0.29, 0.717) is 0 Å². The van der Waals surface area contributed by atoms with Gasteiger partial charge in [0.15, 0.2) is 0 Å². The Morgan fingerprint density at radius 2 is 0.660 bits per heavy atom. The van der Waals surface area contributed by atoms with Crippen LogP contribution in [0.25, 0.3) is 60.9 Å². The fraction of sp³-hybridized carbons (Fsp3) is 0. The van der Waals surface area contributed by atoms with Gasteiger partial charge in [0.1, 0.15) is 0 Å². The van der Waals surface area contributed by atoms with Gasteiger partial charge in [-0.3, -0.25) is 0 Å². The van der Waals surface area contributed by atoms with E-state index in [0.717, 1.165) is 22.7 Å². The maximum absolute atomic E-state index is 2.40. The van der Waals surface area contributed by atoms with Gasteiger partial charge in [-0.15, -0.1) is 0 Å². The third-order valence-corrected chi connectivity index (χ3v) is 9.61. The van der Waals surface area contributed by atoms with Gasteiger partial charge in [0.25, 0.3) is 0 Å². The number of nitrogens with zero attached hydrogens (tertiary/aromatic N) is 2. The molecule has 9 aromatic rings. The first-order valence-corrected chi connectivity index (χ1v) is 17.1. The van der Waals surface area contributed by atoms with Crippen molar-refractivity contribution < 1.29 is 0 Å². The SMILES string of the molecule is c1ccc(-c2ccc(N(c3ccc(-c4ccccc4)cc3)c3ccc(-n4c5ccccc5c5ccc(-c6ccccc6)cc54)cc3)cc2)cc1. The highest BCUT2D eigenvalue weighted by atomic mass is 15.1. The molecule has 0 amide bonds. The lowest BCUT2D eigenvalue weighted by molar-refractivity contribution is 1.17. The summed E-state index contributed by atoms with van der Waals surface area (Å²) in [6.45, 7) is 0. The number of rotatable bonds is 7. The summed E-state index contributed by atoms with van der Waals surface area (Å²) in [5.74, 6) is 0. The van der Waals surface area contributed by atoms with E-state index in [1.165, 1.54) is 55.2 Å². The Bertz CT molecular complexity index is 2450. The van der Waals surface area contributed by atoms with Gasteiger partial charge in [0.05, 0.1) is 11.0 Å². The first-order chi connectivity index (χ1) is 24.8. The predicted molar refractivity (Wildman–Crippen MR) is 212 cm³/mol. The van der Waals surface area contributed by atoms with E-state index < -0.39 is 0 Å². The molecule has 0 N–H and O–H groups in total. The van der Waals surface area contributed by atoms with Crippen LogP contribution in [0.5, 0.6) is 0 Å². The van der Waals surface area contributed by atoms with Crippen LogP contribution in [0.1, 0.15) is 0 Å². The molecule has 0 atom stereocenters. The summed E-state index contributed by atoms with van der Waals surface area (Å²) in [6, 6.07) is 74.0. The minimum atomic E-state index is 1.10. The highest BCUT2D eigenvalue weighted by Gasteiger charge is 2.16. The van der Waals surface area contributed by atoms with Crippen molar-refractivity contribution in [2.45, 2.75) is 0 Å².